The van der Waals surface area contributed by atoms with Gasteiger partial charge in [0.15, 0.2) is 0 Å². The second-order valence-electron chi connectivity index (χ2n) is 6.96. The van der Waals surface area contributed by atoms with E-state index in [1.54, 1.807) is 6.07 Å². The maximum atomic E-state index is 12.6. The molecular formula is C18H23ClF3N3O3. The fourth-order valence-corrected chi connectivity index (χ4v) is 3.58. The number of hydrogen-bond acceptors (Lipinski definition) is 4. The molecule has 2 N–H and O–H groups in total. The molecule has 28 heavy (non-hydrogen) atoms. The van der Waals surface area contributed by atoms with Gasteiger partial charge in [0.2, 0.25) is 11.8 Å². The highest BCUT2D eigenvalue weighted by Crippen LogP contribution is 2.29. The Hall–Kier alpha value is -2.00. The van der Waals surface area contributed by atoms with Crippen molar-refractivity contribution in [2.24, 2.45) is 5.92 Å². The Bertz CT molecular complexity index is 717. The van der Waals surface area contributed by atoms with Crippen molar-refractivity contribution in [3.8, 4) is 5.75 Å². The van der Waals surface area contributed by atoms with E-state index in [1.165, 1.54) is 23.1 Å². The van der Waals surface area contributed by atoms with Crippen molar-refractivity contribution in [2.75, 3.05) is 18.0 Å². The summed E-state index contributed by atoms with van der Waals surface area (Å²) in [6.07, 6.45) is -2.95. The van der Waals surface area contributed by atoms with Crippen LogP contribution in [0.25, 0.3) is 0 Å². The quantitative estimate of drug-likeness (QED) is 0.784. The molecule has 6 nitrogen and oxygen atoms in total. The number of alkyl halides is 3. The minimum absolute atomic E-state index is 0. The molecule has 1 aromatic rings. The molecule has 156 valence electrons. The van der Waals surface area contributed by atoms with Crippen molar-refractivity contribution in [3.05, 3.63) is 24.3 Å². The number of ether oxygens (including phenoxy) is 1. The molecule has 2 aliphatic heterocycles. The van der Waals surface area contributed by atoms with Crippen LogP contribution in [0.5, 0.6) is 5.75 Å². The molecule has 1 aromatic carbocycles. The van der Waals surface area contributed by atoms with Crippen LogP contribution in [-0.2, 0) is 9.59 Å². The molecule has 2 aliphatic rings. The van der Waals surface area contributed by atoms with Gasteiger partial charge in [0.25, 0.3) is 0 Å². The monoisotopic (exact) mass is 421 g/mol. The highest BCUT2D eigenvalue weighted by Gasteiger charge is 2.36. The van der Waals surface area contributed by atoms with Gasteiger partial charge in [0.05, 0.1) is 0 Å². The Morgan fingerprint density at radius 2 is 2.07 bits per heavy atom. The number of carbonyl (C=O) groups excluding carboxylic acids is 2. The third kappa shape index (κ3) is 5.51. The Kier molecular flexibility index (Phi) is 7.16. The lowest BCUT2D eigenvalue weighted by Gasteiger charge is -2.28. The first-order chi connectivity index (χ1) is 12.7. The normalized spacial score (nSPS) is 25.2. The number of carbonyl (C=O) groups is 2. The largest absolute Gasteiger partial charge is 0.573 e. The van der Waals surface area contributed by atoms with Gasteiger partial charge in [-0.3, -0.25) is 9.59 Å². The third-order valence-corrected chi connectivity index (χ3v) is 4.88. The summed E-state index contributed by atoms with van der Waals surface area (Å²) in [5.74, 6) is -0.984. The van der Waals surface area contributed by atoms with E-state index in [0.29, 0.717) is 25.1 Å². The summed E-state index contributed by atoms with van der Waals surface area (Å²) < 4.78 is 41.1. The van der Waals surface area contributed by atoms with Crippen LogP contribution in [0.2, 0.25) is 0 Å². The van der Waals surface area contributed by atoms with Crippen LogP contribution >= 0.6 is 12.4 Å². The van der Waals surface area contributed by atoms with Crippen LogP contribution < -0.4 is 20.3 Å². The summed E-state index contributed by atoms with van der Waals surface area (Å²) >= 11 is 0. The molecule has 0 saturated carbocycles. The van der Waals surface area contributed by atoms with E-state index in [-0.39, 0.29) is 41.9 Å². The number of nitrogens with one attached hydrogen (secondary N) is 2. The third-order valence-electron chi connectivity index (χ3n) is 4.88. The average Bonchev–Trinajstić information content (AvgIpc) is 2.94. The second-order valence-corrected chi connectivity index (χ2v) is 6.96. The number of rotatable bonds is 4. The first kappa shape index (κ1) is 22.3. The maximum Gasteiger partial charge on any atom is 0.573 e. The lowest BCUT2D eigenvalue weighted by molar-refractivity contribution is -0.274. The van der Waals surface area contributed by atoms with E-state index in [2.05, 4.69) is 15.4 Å². The smallest absolute Gasteiger partial charge is 0.406 e. The van der Waals surface area contributed by atoms with Crippen LogP contribution in [0, 0.1) is 5.92 Å². The van der Waals surface area contributed by atoms with Gasteiger partial charge in [-0.05, 0) is 44.9 Å². The van der Waals surface area contributed by atoms with Gasteiger partial charge in [0, 0.05) is 30.3 Å². The van der Waals surface area contributed by atoms with E-state index < -0.39 is 12.4 Å². The highest BCUT2D eigenvalue weighted by atomic mass is 35.5. The summed E-state index contributed by atoms with van der Waals surface area (Å²) in [5, 5.41) is 6.07. The fraction of sp³-hybridized carbons (Fsp3) is 0.556. The molecule has 0 spiro atoms. The van der Waals surface area contributed by atoms with Crippen molar-refractivity contribution in [2.45, 2.75) is 44.6 Å². The zero-order valence-corrected chi connectivity index (χ0v) is 16.1. The Labute approximate surface area is 167 Å². The van der Waals surface area contributed by atoms with Crippen LogP contribution in [-0.4, -0.2) is 43.3 Å². The first-order valence-electron chi connectivity index (χ1n) is 8.94. The predicted molar refractivity (Wildman–Crippen MR) is 99.5 cm³/mol. The second kappa shape index (κ2) is 9.00. The summed E-state index contributed by atoms with van der Waals surface area (Å²) in [7, 11) is 0. The summed E-state index contributed by atoms with van der Waals surface area (Å²) in [6, 6.07) is 4.88. The Morgan fingerprint density at radius 3 is 2.75 bits per heavy atom. The minimum atomic E-state index is -4.80. The molecule has 10 heteroatoms. The highest BCUT2D eigenvalue weighted by molar-refractivity contribution is 6.01. The van der Waals surface area contributed by atoms with Gasteiger partial charge in [-0.2, -0.15) is 0 Å². The fourth-order valence-electron chi connectivity index (χ4n) is 3.58. The van der Waals surface area contributed by atoms with Gasteiger partial charge in [-0.1, -0.05) is 6.07 Å². The molecule has 2 amide bonds. The topological polar surface area (TPSA) is 70.7 Å². The predicted octanol–water partition coefficient (Wildman–Crippen LogP) is 2.62. The minimum Gasteiger partial charge on any atom is -0.406 e. The van der Waals surface area contributed by atoms with Crippen molar-refractivity contribution in [1.29, 1.82) is 0 Å². The molecule has 0 aromatic heterocycles. The number of nitrogens with zero attached hydrogens (tertiary/aromatic N) is 1. The lowest BCUT2D eigenvalue weighted by Crippen LogP contribution is -2.47. The number of benzene rings is 1. The summed E-state index contributed by atoms with van der Waals surface area (Å²) in [5.41, 5.74) is 0.314. The first-order valence-corrected chi connectivity index (χ1v) is 8.94. The van der Waals surface area contributed by atoms with Gasteiger partial charge >= 0.3 is 6.36 Å². The summed E-state index contributed by atoms with van der Waals surface area (Å²) in [6.45, 7) is 3.09. The molecule has 0 aliphatic carbocycles. The van der Waals surface area contributed by atoms with E-state index in [4.69, 9.17) is 0 Å². The van der Waals surface area contributed by atoms with Gasteiger partial charge in [-0.15, -0.1) is 25.6 Å². The van der Waals surface area contributed by atoms with Crippen LogP contribution in [0.4, 0.5) is 18.9 Å². The van der Waals surface area contributed by atoms with E-state index in [9.17, 15) is 22.8 Å². The number of amides is 2. The number of anilines is 1. The molecule has 1 unspecified atom stereocenters. The van der Waals surface area contributed by atoms with Crippen LogP contribution in [0.1, 0.15) is 26.2 Å². The molecule has 2 fully saturated rings. The maximum absolute atomic E-state index is 12.6. The SMILES string of the molecule is C[C@H]1C[C@@H](C(=O)NC2CCN(c3cccc(OC(F)(F)F)c3)C2=O)CCN1.Cl. The van der Waals surface area contributed by atoms with Crippen LogP contribution in [0.15, 0.2) is 24.3 Å². The standard InChI is InChI=1S/C18H22F3N3O3.ClH/c1-11-9-12(5-7-22-11)16(25)23-15-6-8-24(17(15)26)13-3-2-4-14(10-13)27-18(19,20)21;/h2-4,10-12,15,22H,5-9H2,1H3,(H,23,25);1H/t11-,12-,15?;/m0./s1. The number of halogens is 4. The van der Waals surface area contributed by atoms with Crippen LogP contribution in [0.3, 0.4) is 0 Å². The van der Waals surface area contributed by atoms with Crippen molar-refractivity contribution < 1.29 is 27.5 Å². The molecule has 3 rings (SSSR count). The number of piperidine rings is 1. The molecule has 0 radical (unpaired) electrons. The average molecular weight is 422 g/mol. The zero-order chi connectivity index (χ0) is 19.6. The van der Waals surface area contributed by atoms with E-state index in [0.717, 1.165) is 13.0 Å². The molecule has 2 heterocycles. The van der Waals surface area contributed by atoms with Crippen molar-refractivity contribution >= 4 is 29.9 Å². The van der Waals surface area contributed by atoms with E-state index in [1.807, 2.05) is 6.92 Å². The molecular weight excluding hydrogens is 399 g/mol. The van der Waals surface area contributed by atoms with Crippen molar-refractivity contribution in [1.82, 2.24) is 10.6 Å². The van der Waals surface area contributed by atoms with Gasteiger partial charge in [0.1, 0.15) is 11.8 Å². The zero-order valence-electron chi connectivity index (χ0n) is 15.3. The van der Waals surface area contributed by atoms with Gasteiger partial charge in [-0.25, -0.2) is 0 Å². The van der Waals surface area contributed by atoms with E-state index >= 15 is 0 Å². The number of hydrogen-bond donors (Lipinski definition) is 2. The van der Waals surface area contributed by atoms with Gasteiger partial charge < -0.3 is 20.3 Å². The summed E-state index contributed by atoms with van der Waals surface area (Å²) in [4.78, 5) is 26.4. The lowest BCUT2D eigenvalue weighted by atomic mass is 9.92. The van der Waals surface area contributed by atoms with Crippen molar-refractivity contribution in [3.63, 3.8) is 0 Å². The molecule has 3 atom stereocenters. The Morgan fingerprint density at radius 1 is 1.32 bits per heavy atom. The molecule has 2 saturated heterocycles. The molecule has 0 bridgehead atoms. The Balaban J connectivity index is 0.00000280.